The smallest absolute Gasteiger partial charge is 0.417 e. The highest BCUT2D eigenvalue weighted by Crippen LogP contribution is 2.32. The molecule has 0 saturated heterocycles. The molecule has 1 aliphatic rings. The van der Waals surface area contributed by atoms with Crippen molar-refractivity contribution in [2.45, 2.75) is 25.1 Å². The van der Waals surface area contributed by atoms with E-state index in [0.29, 0.717) is 0 Å². The number of esters is 1. The first kappa shape index (κ1) is 17.0. The average Bonchev–Trinajstić information content (AvgIpc) is 3.38. The van der Waals surface area contributed by atoms with Crippen molar-refractivity contribution in [3.63, 3.8) is 0 Å². The van der Waals surface area contributed by atoms with E-state index in [1.165, 1.54) is 30.3 Å². The number of rotatable bonds is 4. The number of amides is 1. The van der Waals surface area contributed by atoms with Crippen LogP contribution in [0.4, 0.5) is 13.2 Å². The minimum absolute atomic E-state index is 0.00502. The van der Waals surface area contributed by atoms with Crippen molar-refractivity contribution in [2.75, 3.05) is 0 Å². The van der Waals surface area contributed by atoms with Crippen molar-refractivity contribution >= 4 is 11.9 Å². The van der Waals surface area contributed by atoms with E-state index < -0.39 is 23.3 Å². The third-order valence-corrected chi connectivity index (χ3v) is 3.67. The van der Waals surface area contributed by atoms with E-state index in [0.717, 1.165) is 25.0 Å². The molecule has 0 radical (unpaired) electrons. The van der Waals surface area contributed by atoms with Crippen LogP contribution < -0.4 is 10.1 Å². The zero-order chi connectivity index (χ0) is 18.0. The van der Waals surface area contributed by atoms with Crippen LogP contribution in [0.5, 0.6) is 5.75 Å². The summed E-state index contributed by atoms with van der Waals surface area (Å²) in [5.41, 5.74) is -1.37. The van der Waals surface area contributed by atoms with Crippen LogP contribution in [0.25, 0.3) is 0 Å². The van der Waals surface area contributed by atoms with Gasteiger partial charge in [0.15, 0.2) is 0 Å². The average molecular weight is 349 g/mol. The first-order valence-corrected chi connectivity index (χ1v) is 7.64. The molecule has 0 spiro atoms. The number of halogens is 3. The molecule has 0 aliphatic heterocycles. The minimum atomic E-state index is -4.67. The molecule has 25 heavy (non-hydrogen) atoms. The lowest BCUT2D eigenvalue weighted by atomic mass is 10.1. The summed E-state index contributed by atoms with van der Waals surface area (Å²) in [6.45, 7) is 0. The molecule has 130 valence electrons. The standard InChI is InChI=1S/C18H14F3NO3/c19-18(20,21)15-7-2-1-6-14(15)17(24)25-13-5-3-4-11(10-13)16(23)22-12-8-9-12/h1-7,10,12H,8-9H2,(H,22,23). The lowest BCUT2D eigenvalue weighted by molar-refractivity contribution is -0.138. The molecule has 0 unspecified atom stereocenters. The molecule has 1 aliphatic carbocycles. The summed E-state index contributed by atoms with van der Waals surface area (Å²) >= 11 is 0. The molecule has 2 aromatic rings. The van der Waals surface area contributed by atoms with E-state index in [1.807, 2.05) is 0 Å². The summed E-state index contributed by atoms with van der Waals surface area (Å²) in [4.78, 5) is 24.1. The Balaban J connectivity index is 1.78. The molecule has 1 N–H and O–H groups in total. The van der Waals surface area contributed by atoms with E-state index >= 15 is 0 Å². The lowest BCUT2D eigenvalue weighted by Gasteiger charge is -2.12. The molecule has 0 bridgehead atoms. The van der Waals surface area contributed by atoms with Gasteiger partial charge in [-0.05, 0) is 43.2 Å². The van der Waals surface area contributed by atoms with Crippen LogP contribution in [0, 0.1) is 0 Å². The number of alkyl halides is 3. The zero-order valence-corrected chi connectivity index (χ0v) is 13.0. The molecule has 7 heteroatoms. The van der Waals surface area contributed by atoms with Crippen LogP contribution in [0.3, 0.4) is 0 Å². The Morgan fingerprint density at radius 1 is 1.04 bits per heavy atom. The van der Waals surface area contributed by atoms with Crippen molar-refractivity contribution in [3.05, 3.63) is 65.2 Å². The van der Waals surface area contributed by atoms with Crippen LogP contribution in [0.2, 0.25) is 0 Å². The number of nitrogens with one attached hydrogen (secondary N) is 1. The Morgan fingerprint density at radius 3 is 2.44 bits per heavy atom. The van der Waals surface area contributed by atoms with Gasteiger partial charge in [0, 0.05) is 11.6 Å². The highest BCUT2D eigenvalue weighted by Gasteiger charge is 2.35. The van der Waals surface area contributed by atoms with Gasteiger partial charge in [0.05, 0.1) is 11.1 Å². The van der Waals surface area contributed by atoms with Gasteiger partial charge in [-0.3, -0.25) is 4.79 Å². The first-order chi connectivity index (χ1) is 11.8. The number of benzene rings is 2. The van der Waals surface area contributed by atoms with Crippen LogP contribution >= 0.6 is 0 Å². The van der Waals surface area contributed by atoms with Crippen LogP contribution in [-0.2, 0) is 6.18 Å². The summed E-state index contributed by atoms with van der Waals surface area (Å²) in [7, 11) is 0. The predicted octanol–water partition coefficient (Wildman–Crippen LogP) is 3.82. The molecule has 0 atom stereocenters. The first-order valence-electron chi connectivity index (χ1n) is 7.64. The largest absolute Gasteiger partial charge is 0.423 e. The SMILES string of the molecule is O=C(NC1CC1)c1cccc(OC(=O)c2ccccc2C(F)(F)F)c1. The summed E-state index contributed by atoms with van der Waals surface area (Å²) in [5, 5.41) is 2.78. The van der Waals surface area contributed by atoms with Gasteiger partial charge in [-0.15, -0.1) is 0 Å². The van der Waals surface area contributed by atoms with Gasteiger partial charge in [0.1, 0.15) is 5.75 Å². The molecule has 3 rings (SSSR count). The lowest BCUT2D eigenvalue weighted by Crippen LogP contribution is -2.25. The highest BCUT2D eigenvalue weighted by atomic mass is 19.4. The minimum Gasteiger partial charge on any atom is -0.423 e. The van der Waals surface area contributed by atoms with Crippen molar-refractivity contribution in [1.29, 1.82) is 0 Å². The fourth-order valence-electron chi connectivity index (χ4n) is 2.27. The van der Waals surface area contributed by atoms with Crippen LogP contribution in [0.1, 0.15) is 39.1 Å². The summed E-state index contributed by atoms with van der Waals surface area (Å²) in [6, 6.07) is 10.3. The Hall–Kier alpha value is -2.83. The molecule has 0 aromatic heterocycles. The molecule has 0 heterocycles. The fourth-order valence-corrected chi connectivity index (χ4v) is 2.27. The quantitative estimate of drug-likeness (QED) is 0.674. The van der Waals surface area contributed by atoms with Crippen LogP contribution in [0.15, 0.2) is 48.5 Å². The maximum absolute atomic E-state index is 13.0. The second kappa shape index (κ2) is 6.58. The normalized spacial score (nSPS) is 14.0. The summed E-state index contributed by atoms with van der Waals surface area (Å²) < 4.78 is 44.0. The van der Waals surface area contributed by atoms with Crippen molar-refractivity contribution in [1.82, 2.24) is 5.32 Å². The van der Waals surface area contributed by atoms with Gasteiger partial charge in [0.2, 0.25) is 0 Å². The zero-order valence-electron chi connectivity index (χ0n) is 13.0. The molecular weight excluding hydrogens is 335 g/mol. The predicted molar refractivity (Wildman–Crippen MR) is 83.3 cm³/mol. The molecule has 2 aromatic carbocycles. The van der Waals surface area contributed by atoms with Gasteiger partial charge in [-0.2, -0.15) is 13.2 Å². The van der Waals surface area contributed by atoms with Gasteiger partial charge >= 0.3 is 12.1 Å². The number of carbonyl (C=O) groups excluding carboxylic acids is 2. The second-order valence-electron chi connectivity index (χ2n) is 5.71. The number of hydrogen-bond donors (Lipinski definition) is 1. The number of ether oxygens (including phenoxy) is 1. The van der Waals surface area contributed by atoms with E-state index in [9.17, 15) is 22.8 Å². The van der Waals surface area contributed by atoms with Gasteiger partial charge in [0.25, 0.3) is 5.91 Å². The Morgan fingerprint density at radius 2 is 1.76 bits per heavy atom. The highest BCUT2D eigenvalue weighted by molar-refractivity contribution is 5.96. The molecule has 1 amide bonds. The van der Waals surface area contributed by atoms with E-state index in [-0.39, 0.29) is 23.3 Å². The van der Waals surface area contributed by atoms with Crippen LogP contribution in [-0.4, -0.2) is 17.9 Å². The van der Waals surface area contributed by atoms with Gasteiger partial charge in [-0.25, -0.2) is 4.79 Å². The van der Waals surface area contributed by atoms with Gasteiger partial charge < -0.3 is 10.1 Å². The maximum atomic E-state index is 13.0. The summed E-state index contributed by atoms with van der Waals surface area (Å²) in [6.07, 6.45) is -2.81. The van der Waals surface area contributed by atoms with Crippen molar-refractivity contribution in [3.8, 4) is 5.75 Å². The Labute approximate surface area is 141 Å². The molecular formula is C18H14F3NO3. The Bertz CT molecular complexity index is 813. The van der Waals surface area contributed by atoms with E-state index in [1.54, 1.807) is 6.07 Å². The molecule has 4 nitrogen and oxygen atoms in total. The maximum Gasteiger partial charge on any atom is 0.417 e. The van der Waals surface area contributed by atoms with Gasteiger partial charge in [-0.1, -0.05) is 18.2 Å². The second-order valence-corrected chi connectivity index (χ2v) is 5.71. The monoisotopic (exact) mass is 349 g/mol. The summed E-state index contributed by atoms with van der Waals surface area (Å²) in [5.74, 6) is -1.44. The number of carbonyl (C=O) groups is 2. The number of hydrogen-bond acceptors (Lipinski definition) is 3. The third-order valence-electron chi connectivity index (χ3n) is 3.67. The van der Waals surface area contributed by atoms with E-state index in [2.05, 4.69) is 5.32 Å². The third kappa shape index (κ3) is 4.17. The van der Waals surface area contributed by atoms with Crippen molar-refractivity contribution < 1.29 is 27.5 Å². The topological polar surface area (TPSA) is 55.4 Å². The molecule has 1 saturated carbocycles. The Kier molecular flexibility index (Phi) is 4.48. The molecule has 1 fully saturated rings. The van der Waals surface area contributed by atoms with E-state index in [4.69, 9.17) is 4.74 Å². The van der Waals surface area contributed by atoms with Crippen molar-refractivity contribution in [2.24, 2.45) is 0 Å². The fraction of sp³-hybridized carbons (Fsp3) is 0.222.